The predicted octanol–water partition coefficient (Wildman–Crippen LogP) is 5.97. The van der Waals surface area contributed by atoms with Crippen molar-refractivity contribution in [1.29, 1.82) is 0 Å². The zero-order chi connectivity index (χ0) is 24.5. The van der Waals surface area contributed by atoms with Gasteiger partial charge in [0.15, 0.2) is 11.5 Å². The highest BCUT2D eigenvalue weighted by atomic mass is 79.9. The van der Waals surface area contributed by atoms with Crippen LogP contribution >= 0.6 is 39.9 Å². The predicted molar refractivity (Wildman–Crippen MR) is 142 cm³/mol. The zero-order valence-electron chi connectivity index (χ0n) is 19.0. The van der Waals surface area contributed by atoms with Crippen molar-refractivity contribution >= 4 is 62.2 Å². The lowest BCUT2D eigenvalue weighted by molar-refractivity contribution is -0.143. The fourth-order valence-electron chi connectivity index (χ4n) is 3.14. The number of thioether (sulfide) groups is 1. The molecular formula is C25H26BrNO5S2. The molecule has 2 aromatic rings. The van der Waals surface area contributed by atoms with Gasteiger partial charge in [-0.2, -0.15) is 0 Å². The maximum absolute atomic E-state index is 12.9. The molecule has 0 aliphatic carbocycles. The number of halogens is 1. The Morgan fingerprint density at radius 1 is 1.18 bits per heavy atom. The second-order valence-corrected chi connectivity index (χ2v) is 9.87. The van der Waals surface area contributed by atoms with Crippen molar-refractivity contribution < 1.29 is 23.8 Å². The molecule has 0 N–H and O–H groups in total. The number of ether oxygens (including phenoxy) is 3. The molecule has 180 valence electrons. The summed E-state index contributed by atoms with van der Waals surface area (Å²) >= 11 is 10.2. The lowest BCUT2D eigenvalue weighted by Gasteiger charge is -2.15. The summed E-state index contributed by atoms with van der Waals surface area (Å²) in [5.74, 6) is 0.613. The minimum Gasteiger partial charge on any atom is -0.490 e. The minimum atomic E-state index is -0.337. The molecule has 0 bridgehead atoms. The van der Waals surface area contributed by atoms with Gasteiger partial charge in [-0.25, -0.2) is 0 Å². The Hall–Kier alpha value is -2.36. The first-order valence-corrected chi connectivity index (χ1v) is 13.0. The average molecular weight is 565 g/mol. The second-order valence-electron chi connectivity index (χ2n) is 7.34. The lowest BCUT2D eigenvalue weighted by atomic mass is 10.1. The summed E-state index contributed by atoms with van der Waals surface area (Å²) in [5.41, 5.74) is 1.81. The van der Waals surface area contributed by atoms with Gasteiger partial charge in [-0.1, -0.05) is 61.2 Å². The van der Waals surface area contributed by atoms with Gasteiger partial charge in [0, 0.05) is 6.54 Å². The van der Waals surface area contributed by atoms with Crippen LogP contribution in [0.2, 0.25) is 0 Å². The quantitative estimate of drug-likeness (QED) is 0.189. The van der Waals surface area contributed by atoms with E-state index in [0.717, 1.165) is 22.0 Å². The Balaban J connectivity index is 1.74. The minimum absolute atomic E-state index is 0.104. The number of nitrogens with zero attached hydrogens (tertiary/aromatic N) is 1. The number of esters is 1. The van der Waals surface area contributed by atoms with E-state index in [9.17, 15) is 9.59 Å². The molecule has 1 aliphatic rings. The zero-order valence-corrected chi connectivity index (χ0v) is 22.3. The van der Waals surface area contributed by atoms with Crippen LogP contribution in [0.4, 0.5) is 0 Å². The number of benzene rings is 2. The molecule has 1 aliphatic heterocycles. The van der Waals surface area contributed by atoms with E-state index in [1.807, 2.05) is 56.3 Å². The molecule has 3 rings (SSSR count). The molecule has 1 saturated heterocycles. The number of hydrogen-bond donors (Lipinski definition) is 0. The van der Waals surface area contributed by atoms with Crippen LogP contribution in [0.5, 0.6) is 11.5 Å². The van der Waals surface area contributed by atoms with Crippen molar-refractivity contribution in [2.24, 2.45) is 0 Å². The summed E-state index contributed by atoms with van der Waals surface area (Å²) in [5, 5.41) is 0. The highest BCUT2D eigenvalue weighted by Crippen LogP contribution is 2.39. The van der Waals surface area contributed by atoms with Crippen LogP contribution in [0.25, 0.3) is 6.08 Å². The van der Waals surface area contributed by atoms with Gasteiger partial charge in [-0.3, -0.25) is 14.5 Å². The van der Waals surface area contributed by atoms with Gasteiger partial charge in [0.1, 0.15) is 10.9 Å². The van der Waals surface area contributed by atoms with Crippen LogP contribution in [-0.2, 0) is 20.9 Å². The number of hydrogen-bond acceptors (Lipinski definition) is 7. The second kappa shape index (κ2) is 12.9. The Kier molecular flexibility index (Phi) is 9.98. The van der Waals surface area contributed by atoms with E-state index < -0.39 is 0 Å². The average Bonchev–Trinajstić information content (AvgIpc) is 3.08. The first-order valence-electron chi connectivity index (χ1n) is 11.0. The molecule has 0 unspecified atom stereocenters. The van der Waals surface area contributed by atoms with E-state index in [2.05, 4.69) is 15.9 Å². The molecule has 0 atom stereocenters. The number of amides is 1. The first-order chi connectivity index (χ1) is 16.4. The molecule has 9 heteroatoms. The Morgan fingerprint density at radius 3 is 2.65 bits per heavy atom. The van der Waals surface area contributed by atoms with Crippen molar-refractivity contribution in [3.63, 3.8) is 0 Å². The third-order valence-corrected chi connectivity index (χ3v) is 6.70. The molecule has 1 heterocycles. The maximum atomic E-state index is 12.9. The van der Waals surface area contributed by atoms with E-state index in [0.29, 0.717) is 40.5 Å². The largest absolute Gasteiger partial charge is 0.490 e. The molecule has 2 aromatic carbocycles. The van der Waals surface area contributed by atoms with Crippen molar-refractivity contribution in [2.45, 2.75) is 33.3 Å². The molecule has 34 heavy (non-hydrogen) atoms. The summed E-state index contributed by atoms with van der Waals surface area (Å²) < 4.78 is 18.1. The topological polar surface area (TPSA) is 65.1 Å². The molecule has 0 radical (unpaired) electrons. The van der Waals surface area contributed by atoms with Crippen LogP contribution < -0.4 is 9.47 Å². The van der Waals surface area contributed by atoms with Gasteiger partial charge >= 0.3 is 5.97 Å². The Morgan fingerprint density at radius 2 is 1.94 bits per heavy atom. The molecule has 0 saturated carbocycles. The van der Waals surface area contributed by atoms with Gasteiger partial charge in [-0.05, 0) is 58.6 Å². The molecule has 1 amide bonds. The lowest BCUT2D eigenvalue weighted by Crippen LogP contribution is -2.30. The van der Waals surface area contributed by atoms with Crippen molar-refractivity contribution in [2.75, 3.05) is 19.8 Å². The summed E-state index contributed by atoms with van der Waals surface area (Å²) in [6.07, 6.45) is 2.63. The van der Waals surface area contributed by atoms with Crippen LogP contribution in [0.15, 0.2) is 51.8 Å². The third kappa shape index (κ3) is 7.07. The van der Waals surface area contributed by atoms with Gasteiger partial charge in [-0.15, -0.1) is 0 Å². The van der Waals surface area contributed by atoms with Crippen molar-refractivity contribution in [3.05, 3.63) is 63.0 Å². The highest BCUT2D eigenvalue weighted by Gasteiger charge is 2.32. The number of thiocarbonyl (C=S) groups is 1. The van der Waals surface area contributed by atoms with E-state index in [4.69, 9.17) is 26.4 Å². The normalized spacial score (nSPS) is 14.6. The van der Waals surface area contributed by atoms with Crippen molar-refractivity contribution in [1.82, 2.24) is 4.90 Å². The SMILES string of the molecule is CCCOC(=O)CCN1C(=O)/C(=C/c2cc(Br)c(OCc3ccccc3)c(OCC)c2)SC1=S. The van der Waals surface area contributed by atoms with Gasteiger partial charge in [0.2, 0.25) is 0 Å². The van der Waals surface area contributed by atoms with Crippen LogP contribution in [0.1, 0.15) is 37.8 Å². The Bertz CT molecular complexity index is 1070. The van der Waals surface area contributed by atoms with E-state index in [1.165, 1.54) is 16.7 Å². The fraction of sp³-hybridized carbons (Fsp3) is 0.320. The highest BCUT2D eigenvalue weighted by molar-refractivity contribution is 9.10. The van der Waals surface area contributed by atoms with E-state index in [1.54, 1.807) is 6.08 Å². The van der Waals surface area contributed by atoms with Crippen LogP contribution in [0.3, 0.4) is 0 Å². The molecule has 0 spiro atoms. The first kappa shape index (κ1) is 26.2. The monoisotopic (exact) mass is 563 g/mol. The van der Waals surface area contributed by atoms with Gasteiger partial charge in [0.25, 0.3) is 5.91 Å². The van der Waals surface area contributed by atoms with Gasteiger partial charge < -0.3 is 14.2 Å². The number of carbonyl (C=O) groups excluding carboxylic acids is 2. The van der Waals surface area contributed by atoms with Crippen LogP contribution in [0, 0.1) is 0 Å². The smallest absolute Gasteiger partial charge is 0.307 e. The molecule has 0 aromatic heterocycles. The number of rotatable bonds is 11. The molecular weight excluding hydrogens is 538 g/mol. The fourth-order valence-corrected chi connectivity index (χ4v) is 5.02. The van der Waals surface area contributed by atoms with Crippen LogP contribution in [-0.4, -0.2) is 40.9 Å². The summed E-state index contributed by atoms with van der Waals surface area (Å²) in [4.78, 5) is 26.6. The molecule has 1 fully saturated rings. The maximum Gasteiger partial charge on any atom is 0.307 e. The summed E-state index contributed by atoms with van der Waals surface area (Å²) in [6.45, 7) is 5.27. The number of carbonyl (C=O) groups is 2. The van der Waals surface area contributed by atoms with Crippen molar-refractivity contribution in [3.8, 4) is 11.5 Å². The standard InChI is InChI=1S/C25H26BrNO5S2/c1-3-12-31-22(28)10-11-27-24(29)21(34-25(27)33)15-18-13-19(26)23(20(14-18)30-4-2)32-16-17-8-6-5-7-9-17/h5-9,13-15H,3-4,10-12,16H2,1-2H3/b21-15-. The van der Waals surface area contributed by atoms with Gasteiger partial charge in [0.05, 0.1) is 29.0 Å². The third-order valence-electron chi connectivity index (χ3n) is 4.74. The Labute approximate surface area is 217 Å². The van der Waals surface area contributed by atoms with E-state index in [-0.39, 0.29) is 24.8 Å². The van der Waals surface area contributed by atoms with E-state index >= 15 is 0 Å². The summed E-state index contributed by atoms with van der Waals surface area (Å²) in [7, 11) is 0. The molecule has 6 nitrogen and oxygen atoms in total. The summed E-state index contributed by atoms with van der Waals surface area (Å²) in [6, 6.07) is 13.6.